The maximum absolute atomic E-state index is 13.9. The maximum Gasteiger partial charge on any atom is 0.325 e. The highest BCUT2D eigenvalue weighted by molar-refractivity contribution is 5.97. The summed E-state index contributed by atoms with van der Waals surface area (Å²) in [5, 5.41) is 0. The molecular formula is C30H35N5O4. The molecule has 9 heteroatoms. The van der Waals surface area contributed by atoms with Gasteiger partial charge < -0.3 is 29.0 Å². The molecule has 1 aromatic heterocycles. The van der Waals surface area contributed by atoms with Gasteiger partial charge in [-0.15, -0.1) is 0 Å². The Morgan fingerprint density at radius 3 is 2.33 bits per heavy atom. The fourth-order valence-electron chi connectivity index (χ4n) is 5.04. The van der Waals surface area contributed by atoms with Gasteiger partial charge in [0.1, 0.15) is 5.75 Å². The van der Waals surface area contributed by atoms with Crippen molar-refractivity contribution >= 4 is 28.4 Å². The molecule has 204 valence electrons. The van der Waals surface area contributed by atoms with E-state index in [1.807, 2.05) is 52.3 Å². The van der Waals surface area contributed by atoms with Gasteiger partial charge in [-0.25, -0.2) is 9.78 Å². The lowest BCUT2D eigenvalue weighted by Gasteiger charge is -2.26. The van der Waals surface area contributed by atoms with Crippen LogP contribution in [-0.2, 0) is 16.0 Å². The van der Waals surface area contributed by atoms with Gasteiger partial charge in [-0.1, -0.05) is 24.3 Å². The summed E-state index contributed by atoms with van der Waals surface area (Å²) in [6.45, 7) is 3.89. The van der Waals surface area contributed by atoms with Crippen molar-refractivity contribution in [3.05, 3.63) is 84.2 Å². The number of anilines is 2. The molecule has 4 aromatic rings. The highest BCUT2D eigenvalue weighted by Gasteiger charge is 2.39. The van der Waals surface area contributed by atoms with Crippen LogP contribution >= 0.6 is 0 Å². The molecule has 1 fully saturated rings. The number of amides is 2. The van der Waals surface area contributed by atoms with E-state index in [1.54, 1.807) is 27.7 Å². The van der Waals surface area contributed by atoms with E-state index in [4.69, 9.17) is 14.2 Å². The molecule has 1 atom stereocenters. The normalized spacial score (nSPS) is 15.4. The molecule has 0 bridgehead atoms. The Hall–Kier alpha value is -4.08. The van der Waals surface area contributed by atoms with Crippen molar-refractivity contribution < 1.29 is 19.0 Å². The SMILES string of the molecule is COCCN(CCOC)c1ccc(C2CN(Cc3ccc(OC)cc3)C(=O)N2c2ccc3nc[nH]c3c2)cc1. The number of ether oxygens (including phenoxy) is 3. The molecule has 1 aliphatic rings. The molecule has 3 aromatic carbocycles. The standard InChI is InChI=1S/C30H35N5O4/c1-37-16-14-33(15-17-38-2)24-8-6-23(7-9-24)29-20-34(19-22-4-11-26(39-3)12-5-22)30(36)35(29)25-10-13-27-28(18-25)32-21-31-27/h4-13,18,21,29H,14-17,19-20H2,1-3H3,(H,31,32). The minimum atomic E-state index is -0.142. The molecule has 0 aliphatic carbocycles. The number of nitrogens with one attached hydrogen (secondary N) is 1. The molecule has 2 heterocycles. The highest BCUT2D eigenvalue weighted by Crippen LogP contribution is 2.37. The Bertz CT molecular complexity index is 1360. The minimum absolute atomic E-state index is 0.0272. The topological polar surface area (TPSA) is 83.2 Å². The molecule has 0 spiro atoms. The van der Waals surface area contributed by atoms with Gasteiger partial charge in [0.2, 0.25) is 0 Å². The molecular weight excluding hydrogens is 494 g/mol. The Morgan fingerprint density at radius 2 is 1.67 bits per heavy atom. The highest BCUT2D eigenvalue weighted by atomic mass is 16.5. The summed E-state index contributed by atoms with van der Waals surface area (Å²) < 4.78 is 15.9. The molecule has 9 nitrogen and oxygen atoms in total. The summed E-state index contributed by atoms with van der Waals surface area (Å²) in [4.78, 5) is 27.4. The second-order valence-electron chi connectivity index (χ2n) is 9.57. The van der Waals surface area contributed by atoms with E-state index in [9.17, 15) is 4.79 Å². The van der Waals surface area contributed by atoms with Crippen LogP contribution in [0.2, 0.25) is 0 Å². The Labute approximate surface area is 228 Å². The third kappa shape index (κ3) is 5.84. The first-order valence-electron chi connectivity index (χ1n) is 13.1. The molecule has 0 saturated carbocycles. The Balaban J connectivity index is 1.44. The van der Waals surface area contributed by atoms with Crippen LogP contribution in [0, 0.1) is 0 Å². The largest absolute Gasteiger partial charge is 0.497 e. The van der Waals surface area contributed by atoms with Gasteiger partial charge in [-0.3, -0.25) is 4.90 Å². The number of methoxy groups -OCH3 is 3. The second-order valence-corrected chi connectivity index (χ2v) is 9.57. The predicted molar refractivity (Wildman–Crippen MR) is 153 cm³/mol. The molecule has 1 unspecified atom stereocenters. The second kappa shape index (κ2) is 12.2. The molecule has 2 amide bonds. The number of carbonyl (C=O) groups excluding carboxylic acids is 1. The van der Waals surface area contributed by atoms with E-state index in [2.05, 4.69) is 39.1 Å². The number of fused-ring (bicyclic) bond motifs is 1. The number of H-pyrrole nitrogens is 1. The lowest BCUT2D eigenvalue weighted by Crippen LogP contribution is -2.32. The maximum atomic E-state index is 13.9. The average molecular weight is 530 g/mol. The summed E-state index contributed by atoms with van der Waals surface area (Å²) in [5.41, 5.74) is 5.83. The quantitative estimate of drug-likeness (QED) is 0.282. The van der Waals surface area contributed by atoms with Crippen molar-refractivity contribution in [2.24, 2.45) is 0 Å². The molecule has 1 aliphatic heterocycles. The van der Waals surface area contributed by atoms with Crippen LogP contribution in [0.25, 0.3) is 11.0 Å². The van der Waals surface area contributed by atoms with Crippen LogP contribution in [0.3, 0.4) is 0 Å². The fourth-order valence-corrected chi connectivity index (χ4v) is 5.04. The van der Waals surface area contributed by atoms with Crippen LogP contribution in [0.1, 0.15) is 17.2 Å². The fraction of sp³-hybridized carbons (Fsp3) is 0.333. The van der Waals surface area contributed by atoms with E-state index in [1.165, 1.54) is 0 Å². The number of hydrogen-bond donors (Lipinski definition) is 1. The van der Waals surface area contributed by atoms with Crippen LogP contribution in [0.4, 0.5) is 16.2 Å². The number of carbonyl (C=O) groups is 1. The van der Waals surface area contributed by atoms with Crippen molar-refractivity contribution in [2.45, 2.75) is 12.6 Å². The zero-order chi connectivity index (χ0) is 27.2. The van der Waals surface area contributed by atoms with Crippen molar-refractivity contribution in [1.82, 2.24) is 14.9 Å². The lowest BCUT2D eigenvalue weighted by molar-refractivity contribution is 0.190. The third-order valence-corrected chi connectivity index (χ3v) is 7.17. The van der Waals surface area contributed by atoms with Crippen molar-refractivity contribution in [3.8, 4) is 5.75 Å². The first kappa shape index (κ1) is 26.5. The van der Waals surface area contributed by atoms with E-state index in [0.717, 1.165) is 52.4 Å². The van der Waals surface area contributed by atoms with Gasteiger partial charge in [-0.2, -0.15) is 0 Å². The number of benzene rings is 3. The summed E-state index contributed by atoms with van der Waals surface area (Å²) in [7, 11) is 5.07. The van der Waals surface area contributed by atoms with Crippen LogP contribution in [0.5, 0.6) is 5.75 Å². The number of aromatic amines is 1. The molecule has 39 heavy (non-hydrogen) atoms. The summed E-state index contributed by atoms with van der Waals surface area (Å²) >= 11 is 0. The van der Waals surface area contributed by atoms with E-state index >= 15 is 0 Å². The van der Waals surface area contributed by atoms with Gasteiger partial charge in [0.15, 0.2) is 0 Å². The van der Waals surface area contributed by atoms with E-state index in [0.29, 0.717) is 26.3 Å². The molecule has 0 radical (unpaired) electrons. The Kier molecular flexibility index (Phi) is 8.29. The number of nitrogens with zero attached hydrogens (tertiary/aromatic N) is 4. The molecule has 1 saturated heterocycles. The van der Waals surface area contributed by atoms with E-state index < -0.39 is 0 Å². The van der Waals surface area contributed by atoms with Gasteiger partial charge in [0, 0.05) is 51.8 Å². The number of rotatable bonds is 12. The first-order valence-corrected chi connectivity index (χ1v) is 13.1. The summed E-state index contributed by atoms with van der Waals surface area (Å²) in [6, 6.07) is 22.1. The molecule has 1 N–H and O–H groups in total. The van der Waals surface area contributed by atoms with E-state index in [-0.39, 0.29) is 12.1 Å². The summed E-state index contributed by atoms with van der Waals surface area (Å²) in [5.74, 6) is 0.795. The van der Waals surface area contributed by atoms with Gasteiger partial charge in [-0.05, 0) is 53.6 Å². The average Bonchev–Trinajstić information content (AvgIpc) is 3.57. The van der Waals surface area contributed by atoms with Gasteiger partial charge >= 0.3 is 6.03 Å². The first-order chi connectivity index (χ1) is 19.1. The molecule has 5 rings (SSSR count). The van der Waals surface area contributed by atoms with Crippen LogP contribution in [-0.4, -0.2) is 75.1 Å². The lowest BCUT2D eigenvalue weighted by atomic mass is 10.0. The zero-order valence-electron chi connectivity index (χ0n) is 22.7. The van der Waals surface area contributed by atoms with Crippen LogP contribution in [0.15, 0.2) is 73.1 Å². The smallest absolute Gasteiger partial charge is 0.325 e. The predicted octanol–water partition coefficient (Wildman–Crippen LogP) is 4.85. The number of imidazole rings is 1. The minimum Gasteiger partial charge on any atom is -0.497 e. The van der Waals surface area contributed by atoms with Gasteiger partial charge in [0.05, 0.1) is 43.7 Å². The number of aromatic nitrogens is 2. The Morgan fingerprint density at radius 1 is 0.949 bits per heavy atom. The third-order valence-electron chi connectivity index (χ3n) is 7.17. The van der Waals surface area contributed by atoms with Crippen molar-refractivity contribution in [2.75, 3.05) is 64.0 Å². The van der Waals surface area contributed by atoms with Crippen molar-refractivity contribution in [3.63, 3.8) is 0 Å². The van der Waals surface area contributed by atoms with Gasteiger partial charge in [0.25, 0.3) is 0 Å². The zero-order valence-corrected chi connectivity index (χ0v) is 22.7. The van der Waals surface area contributed by atoms with Crippen LogP contribution < -0.4 is 14.5 Å². The summed E-state index contributed by atoms with van der Waals surface area (Å²) in [6.07, 6.45) is 1.67. The number of hydrogen-bond acceptors (Lipinski definition) is 6. The number of urea groups is 1. The monoisotopic (exact) mass is 529 g/mol. The van der Waals surface area contributed by atoms with Crippen molar-refractivity contribution in [1.29, 1.82) is 0 Å².